The van der Waals surface area contributed by atoms with Crippen molar-refractivity contribution in [1.82, 2.24) is 14.6 Å². The Morgan fingerprint density at radius 1 is 1.13 bits per heavy atom. The Balaban J connectivity index is 1.57. The van der Waals surface area contributed by atoms with Crippen molar-refractivity contribution in [3.63, 3.8) is 0 Å². The fraction of sp³-hybridized carbons (Fsp3) is 0.571. The van der Waals surface area contributed by atoms with E-state index in [4.69, 9.17) is 4.74 Å². The number of nitrogens with one attached hydrogen (secondary N) is 1. The minimum Gasteiger partial charge on any atom is -0.486 e. The Bertz CT molecular complexity index is 820. The maximum atomic E-state index is 13.7. The van der Waals surface area contributed by atoms with E-state index >= 15 is 0 Å². The van der Waals surface area contributed by atoms with Crippen LogP contribution in [0.25, 0.3) is 0 Å². The highest BCUT2D eigenvalue weighted by Gasteiger charge is 2.36. The van der Waals surface area contributed by atoms with Gasteiger partial charge in [-0.1, -0.05) is 17.1 Å². The van der Waals surface area contributed by atoms with Crippen LogP contribution in [-0.4, -0.2) is 65.3 Å². The molecule has 170 valence electrons. The van der Waals surface area contributed by atoms with Crippen LogP contribution in [0.15, 0.2) is 29.7 Å². The van der Waals surface area contributed by atoms with Crippen molar-refractivity contribution in [2.75, 3.05) is 50.6 Å². The van der Waals surface area contributed by atoms with E-state index in [1.54, 1.807) is 6.26 Å². The Morgan fingerprint density at radius 2 is 1.77 bits per heavy atom. The summed E-state index contributed by atoms with van der Waals surface area (Å²) in [4.78, 5) is 15.4. The Kier molecular flexibility index (Phi) is 7.00. The van der Waals surface area contributed by atoms with Gasteiger partial charge in [0.15, 0.2) is 6.26 Å². The molecular formula is C21H29F2N4O3S+. The van der Waals surface area contributed by atoms with E-state index < -0.39 is 28.9 Å². The van der Waals surface area contributed by atoms with Crippen LogP contribution in [-0.2, 0) is 20.9 Å². The highest BCUT2D eigenvalue weighted by atomic mass is 32.2. The molecule has 3 aliphatic rings. The van der Waals surface area contributed by atoms with Gasteiger partial charge in [0.1, 0.15) is 11.6 Å². The van der Waals surface area contributed by atoms with Gasteiger partial charge in [0.2, 0.25) is 17.1 Å². The Labute approximate surface area is 184 Å². The number of hydrogen-bond acceptors (Lipinski definition) is 6. The highest BCUT2D eigenvalue weighted by molar-refractivity contribution is 7.88. The summed E-state index contributed by atoms with van der Waals surface area (Å²) in [6, 6.07) is 3.02. The summed E-state index contributed by atoms with van der Waals surface area (Å²) >= 11 is -0.780. The second kappa shape index (κ2) is 9.72. The van der Waals surface area contributed by atoms with Crippen molar-refractivity contribution >= 4 is 23.0 Å². The third-order valence-electron chi connectivity index (χ3n) is 6.10. The quantitative estimate of drug-likeness (QED) is 0.643. The number of piperazine rings is 1. The number of nitrogens with zero attached hydrogens (tertiary/aromatic N) is 3. The molecule has 1 aromatic carbocycles. The van der Waals surface area contributed by atoms with Gasteiger partial charge in [-0.05, 0) is 30.9 Å². The van der Waals surface area contributed by atoms with Crippen LogP contribution in [0.3, 0.4) is 0 Å². The number of ether oxygens (including phenoxy) is 1. The summed E-state index contributed by atoms with van der Waals surface area (Å²) in [5.74, 6) is -1.29. The molecule has 0 spiro atoms. The van der Waals surface area contributed by atoms with E-state index in [-0.39, 0.29) is 11.4 Å². The molecule has 1 aromatic rings. The largest absolute Gasteiger partial charge is 0.486 e. The van der Waals surface area contributed by atoms with Gasteiger partial charge in [0.25, 0.3) is 0 Å². The van der Waals surface area contributed by atoms with Crippen molar-refractivity contribution in [3.8, 4) is 0 Å². The van der Waals surface area contributed by atoms with Crippen LogP contribution < -0.4 is 10.4 Å². The molecule has 7 nitrogen and oxygen atoms in total. The second-order valence-corrected chi connectivity index (χ2v) is 9.61. The van der Waals surface area contributed by atoms with Gasteiger partial charge in [0.05, 0.1) is 37.6 Å². The van der Waals surface area contributed by atoms with Gasteiger partial charge in [-0.25, -0.2) is 19.2 Å². The number of amides is 1. The number of halogens is 2. The van der Waals surface area contributed by atoms with Crippen LogP contribution in [0, 0.1) is 17.6 Å². The van der Waals surface area contributed by atoms with Crippen LogP contribution >= 0.6 is 0 Å². The minimum atomic E-state index is -0.780. The lowest BCUT2D eigenvalue weighted by atomic mass is 10.1. The molecular weight excluding hydrogens is 426 g/mol. The van der Waals surface area contributed by atoms with E-state index in [0.717, 1.165) is 41.7 Å². The molecule has 2 fully saturated rings. The third-order valence-corrected chi connectivity index (χ3v) is 7.21. The fourth-order valence-corrected chi connectivity index (χ4v) is 5.10. The van der Waals surface area contributed by atoms with Crippen molar-refractivity contribution in [3.05, 3.63) is 41.3 Å². The molecule has 1 unspecified atom stereocenters. The number of hydrazine groups is 1. The molecule has 1 saturated heterocycles. The first-order valence-electron chi connectivity index (χ1n) is 10.7. The lowest BCUT2D eigenvalue weighted by Gasteiger charge is -2.39. The first-order valence-corrected chi connectivity index (χ1v) is 12.2. The predicted octanol–water partition coefficient (Wildman–Crippen LogP) is 2.49. The first-order chi connectivity index (χ1) is 14.9. The lowest BCUT2D eigenvalue weighted by Crippen LogP contribution is -2.55. The number of carbonyl (C=O) groups excluding carboxylic acids is 1. The van der Waals surface area contributed by atoms with E-state index in [2.05, 4.69) is 10.3 Å². The summed E-state index contributed by atoms with van der Waals surface area (Å²) < 4.78 is 45.4. The number of carbonyl (C=O) groups is 1. The van der Waals surface area contributed by atoms with E-state index in [0.29, 0.717) is 45.2 Å². The summed E-state index contributed by atoms with van der Waals surface area (Å²) in [6.45, 7) is 3.46. The van der Waals surface area contributed by atoms with Crippen molar-refractivity contribution in [2.45, 2.75) is 25.7 Å². The molecule has 0 aromatic heterocycles. The zero-order valence-electron chi connectivity index (χ0n) is 17.6. The molecule has 0 bridgehead atoms. The number of hydrogen-bond donors (Lipinski definition) is 2. The van der Waals surface area contributed by atoms with E-state index in [1.165, 1.54) is 12.8 Å². The van der Waals surface area contributed by atoms with Crippen LogP contribution in [0.4, 0.5) is 14.5 Å². The summed E-state index contributed by atoms with van der Waals surface area (Å²) in [6.07, 6.45) is 6.29. The zero-order chi connectivity index (χ0) is 22.0. The van der Waals surface area contributed by atoms with Crippen LogP contribution in [0.2, 0.25) is 0 Å². The smallest absolute Gasteiger partial charge is 0.309 e. The molecule has 31 heavy (non-hydrogen) atoms. The molecule has 2 N–H and O–H groups in total. The standard InChI is InChI=1S/C21H29F2N4O3S/c1-31(29)26-8-6-25(7-9-26)19-13-24-27(18-11-16(22)10-17(23)12-18)21(28)20(19)30-14-15-4-2-3-5-15/h10-12,15,24,29H,2-9,13-14H2,1H3/q+1. The summed E-state index contributed by atoms with van der Waals surface area (Å²) in [5.41, 5.74) is 3.84. The van der Waals surface area contributed by atoms with Gasteiger partial charge in [-0.15, -0.1) is 0 Å². The topological polar surface area (TPSA) is 68.3 Å². The average Bonchev–Trinajstić information content (AvgIpc) is 3.25. The van der Waals surface area contributed by atoms with Gasteiger partial charge in [0, 0.05) is 19.2 Å². The van der Waals surface area contributed by atoms with Crippen LogP contribution in [0.5, 0.6) is 0 Å². The third kappa shape index (κ3) is 5.14. The number of anilines is 1. The SMILES string of the molecule is C[S+](O)N1CCN(C2=C(OCC3CCCC3)C(=O)N(c3cc(F)cc(F)c3)NC2)CC1. The average molecular weight is 456 g/mol. The van der Waals surface area contributed by atoms with E-state index in [9.17, 15) is 18.1 Å². The number of benzene rings is 1. The normalized spacial score (nSPS) is 22.4. The molecule has 4 rings (SSSR count). The van der Waals surface area contributed by atoms with Gasteiger partial charge in [-0.3, -0.25) is 4.79 Å². The van der Waals surface area contributed by atoms with Gasteiger partial charge < -0.3 is 9.64 Å². The molecule has 1 aliphatic carbocycles. The molecule has 0 radical (unpaired) electrons. The molecule has 10 heteroatoms. The predicted molar refractivity (Wildman–Crippen MR) is 116 cm³/mol. The monoisotopic (exact) mass is 455 g/mol. The molecule has 2 aliphatic heterocycles. The fourth-order valence-electron chi connectivity index (χ4n) is 4.41. The van der Waals surface area contributed by atoms with Crippen molar-refractivity contribution in [2.24, 2.45) is 5.92 Å². The maximum absolute atomic E-state index is 13.7. The first kappa shape index (κ1) is 22.3. The Hall–Kier alpha value is -1.88. The van der Waals surface area contributed by atoms with Gasteiger partial charge >= 0.3 is 5.91 Å². The zero-order valence-corrected chi connectivity index (χ0v) is 18.5. The molecule has 1 saturated carbocycles. The lowest BCUT2D eigenvalue weighted by molar-refractivity contribution is -0.120. The molecule has 1 atom stereocenters. The Morgan fingerprint density at radius 3 is 2.39 bits per heavy atom. The van der Waals surface area contributed by atoms with Crippen molar-refractivity contribution < 1.29 is 22.9 Å². The summed E-state index contributed by atoms with van der Waals surface area (Å²) in [7, 11) is 0. The minimum absolute atomic E-state index is 0.101. The van der Waals surface area contributed by atoms with E-state index in [1.807, 2.05) is 4.31 Å². The van der Waals surface area contributed by atoms with Crippen molar-refractivity contribution in [1.29, 1.82) is 0 Å². The maximum Gasteiger partial charge on any atom is 0.309 e. The van der Waals surface area contributed by atoms with Crippen LogP contribution in [0.1, 0.15) is 25.7 Å². The number of rotatable bonds is 6. The second-order valence-electron chi connectivity index (χ2n) is 8.20. The molecule has 2 heterocycles. The highest BCUT2D eigenvalue weighted by Crippen LogP contribution is 2.29. The van der Waals surface area contributed by atoms with Gasteiger partial charge in [-0.2, -0.15) is 4.55 Å². The molecule has 1 amide bonds. The summed E-state index contributed by atoms with van der Waals surface area (Å²) in [5, 5.41) is 1.16.